The van der Waals surface area contributed by atoms with Gasteiger partial charge in [0, 0.05) is 0 Å². The largest absolute Gasteiger partial charge is 2.00 e. The Bertz CT molecular complexity index is 11.6. The molecule has 0 aromatic rings. The predicted molar refractivity (Wildman–Crippen MR) is 5.75 cm³/mol. The van der Waals surface area contributed by atoms with Crippen molar-refractivity contribution in [2.24, 2.45) is 0 Å². The van der Waals surface area contributed by atoms with E-state index >= 15 is 0 Å². The van der Waals surface area contributed by atoms with Gasteiger partial charge in [0.05, 0.1) is 0 Å². The molecular formula is CaCoMnNiTi+10. The summed E-state index contributed by atoms with van der Waals surface area (Å²) in [5.41, 5.74) is 0. The van der Waals surface area contributed by atoms with Crippen molar-refractivity contribution in [2.75, 3.05) is 0 Å². The van der Waals surface area contributed by atoms with Crippen LogP contribution >= 0.6 is 0 Å². The first-order valence-corrected chi connectivity index (χ1v) is 0. The molecule has 5 heteroatoms. The van der Waals surface area contributed by atoms with Crippen molar-refractivity contribution in [1.82, 2.24) is 0 Å². The summed E-state index contributed by atoms with van der Waals surface area (Å²) < 4.78 is 0. The number of hydrogen-bond donors (Lipinski definition) is 0. The van der Waals surface area contributed by atoms with Gasteiger partial charge in [-0.15, -0.1) is 0 Å². The average molecular weight is 261 g/mol. The Labute approximate surface area is 107 Å². The maximum atomic E-state index is 0. The molecule has 0 atom stereocenters. The molecule has 0 aliphatic carbocycles. The van der Waals surface area contributed by atoms with Gasteiger partial charge in [-0.05, 0) is 0 Å². The van der Waals surface area contributed by atoms with E-state index in [4.69, 9.17) is 0 Å². The van der Waals surface area contributed by atoms with Crippen LogP contribution in [0.1, 0.15) is 0 Å². The van der Waals surface area contributed by atoms with Gasteiger partial charge in [0.15, 0.2) is 0 Å². The van der Waals surface area contributed by atoms with Crippen molar-refractivity contribution >= 4 is 37.7 Å². The summed E-state index contributed by atoms with van der Waals surface area (Å²) >= 11 is 0. The molecule has 22 valence electrons. The average Bonchev–Trinajstić information content (AvgIpc) is 0. The van der Waals surface area contributed by atoms with Crippen LogP contribution in [0, 0.1) is 0 Å². The fourth-order valence-electron chi connectivity index (χ4n) is 0. The molecule has 0 aromatic heterocycles. The maximum Gasteiger partial charge on any atom is 2.00 e. The Morgan fingerprint density at radius 2 is 1.00 bits per heavy atom. The van der Waals surface area contributed by atoms with E-state index in [0.29, 0.717) is 0 Å². The van der Waals surface area contributed by atoms with E-state index in [1.165, 1.54) is 0 Å². The van der Waals surface area contributed by atoms with Crippen LogP contribution in [0.4, 0.5) is 0 Å². The fourth-order valence-corrected chi connectivity index (χ4v) is 0. The van der Waals surface area contributed by atoms with E-state index in [1.54, 1.807) is 0 Å². The second kappa shape index (κ2) is 25.9. The van der Waals surface area contributed by atoms with Crippen LogP contribution in [0.5, 0.6) is 0 Å². The summed E-state index contributed by atoms with van der Waals surface area (Å²) in [5.74, 6) is 0. The first-order valence-electron chi connectivity index (χ1n) is 0. The third kappa shape index (κ3) is 18.5. The molecule has 0 heterocycles. The third-order valence-corrected chi connectivity index (χ3v) is 0. The van der Waals surface area contributed by atoms with Crippen LogP contribution in [0.25, 0.3) is 0 Å². The Kier molecular flexibility index (Phi) is 202. The summed E-state index contributed by atoms with van der Waals surface area (Å²) in [7, 11) is 0. The summed E-state index contributed by atoms with van der Waals surface area (Å²) in [4.78, 5) is 0. The van der Waals surface area contributed by atoms with E-state index in [-0.39, 0.29) is 110 Å². The molecule has 5 heavy (non-hydrogen) atoms. The van der Waals surface area contributed by atoms with E-state index in [9.17, 15) is 0 Å². The van der Waals surface area contributed by atoms with Gasteiger partial charge in [0.25, 0.3) is 0 Å². The van der Waals surface area contributed by atoms with Crippen LogP contribution < -0.4 is 0 Å². The van der Waals surface area contributed by atoms with Gasteiger partial charge in [0.1, 0.15) is 0 Å². The molecular weight excluding hydrogens is 261 g/mol. The molecule has 0 saturated carbocycles. The SMILES string of the molecule is [Ca+2].[Co+2].[Mn+2].[Ni+2].[Ti+2]. The van der Waals surface area contributed by atoms with Gasteiger partial charge in [0.2, 0.25) is 0 Å². The Morgan fingerprint density at radius 1 is 1.00 bits per heavy atom. The quantitative estimate of drug-likeness (QED) is 0.521. The van der Waals surface area contributed by atoms with Gasteiger partial charge in [-0.2, -0.15) is 0 Å². The molecule has 0 bridgehead atoms. The topological polar surface area (TPSA) is 0 Å². The van der Waals surface area contributed by atoms with E-state index < -0.39 is 0 Å². The summed E-state index contributed by atoms with van der Waals surface area (Å²) in [6, 6.07) is 0. The van der Waals surface area contributed by atoms with Crippen molar-refractivity contribution in [3.63, 3.8) is 0 Å². The molecule has 2 radical (unpaired) electrons. The van der Waals surface area contributed by atoms with Gasteiger partial charge >= 0.3 is 110 Å². The van der Waals surface area contributed by atoms with Crippen LogP contribution in [0.2, 0.25) is 0 Å². The molecule has 0 rings (SSSR count). The molecule has 0 fully saturated rings. The van der Waals surface area contributed by atoms with Crippen LogP contribution in [-0.2, 0) is 72.1 Å². The third-order valence-electron chi connectivity index (χ3n) is 0. The van der Waals surface area contributed by atoms with Crippen LogP contribution in [0.15, 0.2) is 0 Å². The molecule has 0 N–H and O–H groups in total. The van der Waals surface area contributed by atoms with E-state index in [0.717, 1.165) is 0 Å². The summed E-state index contributed by atoms with van der Waals surface area (Å²) in [6.07, 6.45) is 0. The van der Waals surface area contributed by atoms with Gasteiger partial charge in [-0.3, -0.25) is 0 Å². The zero-order valence-electron chi connectivity index (χ0n) is 2.23. The molecule has 0 aliphatic heterocycles. The van der Waals surface area contributed by atoms with Crippen LogP contribution in [-0.4, -0.2) is 37.7 Å². The monoisotopic (exact) mass is 260 g/mol. The normalized spacial score (nSPS) is 0. The molecule has 0 saturated heterocycles. The maximum absolute atomic E-state index is 0. The first kappa shape index (κ1) is 39.1. The minimum absolute atomic E-state index is 0. The van der Waals surface area contributed by atoms with E-state index in [1.807, 2.05) is 0 Å². The standard InChI is InChI=1S/Ca.Co.Mn.Ni.Ti/q5*+2. The minimum Gasteiger partial charge on any atom is 2.00 e. The molecule has 0 aromatic carbocycles. The van der Waals surface area contributed by atoms with Gasteiger partial charge < -0.3 is 0 Å². The van der Waals surface area contributed by atoms with Crippen molar-refractivity contribution in [2.45, 2.75) is 0 Å². The fraction of sp³-hybridized carbons (Fsp3) is 0. The smallest absolute Gasteiger partial charge is 2.00 e. The second-order valence-electron chi connectivity index (χ2n) is 0. The Morgan fingerprint density at radius 3 is 1.00 bits per heavy atom. The predicted octanol–water partition coefficient (Wildman–Crippen LogP) is -0.391. The van der Waals surface area contributed by atoms with Crippen molar-refractivity contribution in [3.8, 4) is 0 Å². The van der Waals surface area contributed by atoms with Crippen molar-refractivity contribution in [3.05, 3.63) is 0 Å². The molecule has 0 unspecified atom stereocenters. The van der Waals surface area contributed by atoms with Gasteiger partial charge in [-0.25, -0.2) is 0 Å². The summed E-state index contributed by atoms with van der Waals surface area (Å²) in [5, 5.41) is 0. The number of hydrogen-bond acceptors (Lipinski definition) is 0. The molecule has 0 aliphatic rings. The summed E-state index contributed by atoms with van der Waals surface area (Å²) in [6.45, 7) is 0. The molecule has 0 amide bonds. The zero-order valence-corrected chi connectivity index (χ0v) is 9.21. The Balaban J connectivity index is 0. The second-order valence-corrected chi connectivity index (χ2v) is 0. The molecule has 0 spiro atoms. The Hall–Kier alpha value is 3.49. The van der Waals surface area contributed by atoms with Crippen LogP contribution in [0.3, 0.4) is 0 Å². The van der Waals surface area contributed by atoms with Crippen molar-refractivity contribution in [1.29, 1.82) is 0 Å². The first-order chi connectivity index (χ1) is 0. The molecule has 0 nitrogen and oxygen atoms in total. The van der Waals surface area contributed by atoms with Crippen molar-refractivity contribution < 1.29 is 72.1 Å². The van der Waals surface area contributed by atoms with E-state index in [2.05, 4.69) is 0 Å². The number of rotatable bonds is 0. The zero-order chi connectivity index (χ0) is 0. The minimum atomic E-state index is 0. The van der Waals surface area contributed by atoms with Gasteiger partial charge in [-0.1, -0.05) is 0 Å².